The van der Waals surface area contributed by atoms with E-state index in [0.29, 0.717) is 5.69 Å². The van der Waals surface area contributed by atoms with Gasteiger partial charge in [0.15, 0.2) is 0 Å². The van der Waals surface area contributed by atoms with Crippen LogP contribution in [0.4, 0.5) is 5.69 Å². The van der Waals surface area contributed by atoms with Gasteiger partial charge in [0.25, 0.3) is 0 Å². The van der Waals surface area contributed by atoms with Gasteiger partial charge in [0.1, 0.15) is 0 Å². The van der Waals surface area contributed by atoms with Gasteiger partial charge in [-0.15, -0.1) is 0 Å². The number of benzene rings is 3. The van der Waals surface area contributed by atoms with Crippen LogP contribution in [0.1, 0.15) is 52.1 Å². The molecule has 3 aromatic rings. The minimum atomic E-state index is -0.775. The minimum absolute atomic E-state index is 0.0650. The van der Waals surface area contributed by atoms with Crippen molar-refractivity contribution in [2.24, 2.45) is 11.3 Å². The largest absolute Gasteiger partial charge is 0.274 e. The van der Waals surface area contributed by atoms with Crippen LogP contribution in [0.2, 0.25) is 0 Å². The summed E-state index contributed by atoms with van der Waals surface area (Å²) in [5.41, 5.74) is 6.95. The lowest BCUT2D eigenvalue weighted by atomic mass is 9.48. The molecule has 2 atom stereocenters. The number of imide groups is 1. The zero-order valence-corrected chi connectivity index (χ0v) is 17.3. The molecule has 148 valence electrons. The third-order valence-electron chi connectivity index (χ3n) is 7.76. The Labute approximate surface area is 176 Å². The van der Waals surface area contributed by atoms with E-state index in [-0.39, 0.29) is 29.6 Å². The summed E-state index contributed by atoms with van der Waals surface area (Å²) in [6.07, 6.45) is 0. The van der Waals surface area contributed by atoms with Gasteiger partial charge >= 0.3 is 0 Å². The maximum Gasteiger partial charge on any atom is 0.241 e. The van der Waals surface area contributed by atoms with Crippen molar-refractivity contribution < 1.29 is 9.59 Å². The van der Waals surface area contributed by atoms with E-state index in [1.54, 1.807) is 0 Å². The van der Waals surface area contributed by atoms with Crippen molar-refractivity contribution in [2.45, 2.75) is 32.6 Å². The predicted octanol–water partition coefficient (Wildman–Crippen LogP) is 5.09. The first-order chi connectivity index (χ1) is 14.4. The smallest absolute Gasteiger partial charge is 0.241 e. The van der Waals surface area contributed by atoms with Crippen molar-refractivity contribution in [3.05, 3.63) is 100 Å². The molecule has 1 fully saturated rings. The van der Waals surface area contributed by atoms with Crippen molar-refractivity contribution in [3.8, 4) is 0 Å². The van der Waals surface area contributed by atoms with Gasteiger partial charge in [-0.1, -0.05) is 54.6 Å². The van der Waals surface area contributed by atoms with Gasteiger partial charge < -0.3 is 0 Å². The normalized spacial score (nSPS) is 28.4. The van der Waals surface area contributed by atoms with E-state index in [9.17, 15) is 9.59 Å². The summed E-state index contributed by atoms with van der Waals surface area (Å²) in [5, 5.41) is 0. The Morgan fingerprint density at radius 2 is 1.33 bits per heavy atom. The summed E-state index contributed by atoms with van der Waals surface area (Å²) < 4.78 is 0. The zero-order chi connectivity index (χ0) is 20.8. The maximum atomic E-state index is 14.0. The summed E-state index contributed by atoms with van der Waals surface area (Å²) in [6, 6.07) is 22.6. The van der Waals surface area contributed by atoms with Crippen LogP contribution in [-0.4, -0.2) is 11.8 Å². The standard InChI is InChI=1S/C27H23NO2/c1-15-12-13-17(14-16(15)2)28-25(29)24-22-18-8-4-6-10-20(18)23(27(24,3)26(28)30)21-11-7-5-9-19(21)22/h4-14,22-24H,1-3H3. The number of nitrogens with zero attached hydrogens (tertiary/aromatic N) is 1. The Bertz CT molecular complexity index is 1210. The Balaban J connectivity index is 1.61. The third kappa shape index (κ3) is 1.91. The average Bonchev–Trinajstić information content (AvgIpc) is 2.96. The number of carbonyl (C=O) groups excluding carboxylic acids is 2. The number of amides is 2. The first-order valence-electron chi connectivity index (χ1n) is 10.6. The van der Waals surface area contributed by atoms with Crippen LogP contribution in [0.5, 0.6) is 0 Å². The Morgan fingerprint density at radius 1 is 0.767 bits per heavy atom. The molecule has 3 nitrogen and oxygen atoms in total. The van der Waals surface area contributed by atoms with E-state index >= 15 is 0 Å². The minimum Gasteiger partial charge on any atom is -0.274 e. The molecule has 2 amide bonds. The van der Waals surface area contributed by atoms with Crippen LogP contribution < -0.4 is 4.90 Å². The molecule has 3 heteroatoms. The second kappa shape index (κ2) is 5.69. The maximum absolute atomic E-state index is 14.0. The first-order valence-corrected chi connectivity index (χ1v) is 10.6. The zero-order valence-electron chi connectivity index (χ0n) is 17.3. The van der Waals surface area contributed by atoms with Gasteiger partial charge in [-0.25, -0.2) is 4.90 Å². The van der Waals surface area contributed by atoms with E-state index in [2.05, 4.69) is 24.3 Å². The van der Waals surface area contributed by atoms with Crippen molar-refractivity contribution in [1.29, 1.82) is 0 Å². The number of hydrogen-bond donors (Lipinski definition) is 0. The highest BCUT2D eigenvalue weighted by molar-refractivity contribution is 6.25. The van der Waals surface area contributed by atoms with Crippen LogP contribution in [0.25, 0.3) is 0 Å². The van der Waals surface area contributed by atoms with E-state index in [1.165, 1.54) is 27.2 Å². The van der Waals surface area contributed by atoms with Crippen molar-refractivity contribution in [1.82, 2.24) is 0 Å². The van der Waals surface area contributed by atoms with Crippen molar-refractivity contribution in [3.63, 3.8) is 0 Å². The number of carbonyl (C=O) groups is 2. The predicted molar refractivity (Wildman–Crippen MR) is 117 cm³/mol. The third-order valence-corrected chi connectivity index (χ3v) is 7.76. The van der Waals surface area contributed by atoms with E-state index in [1.807, 2.05) is 63.2 Å². The summed E-state index contributed by atoms with van der Waals surface area (Å²) in [6.45, 7) is 6.08. The molecular weight excluding hydrogens is 370 g/mol. The topological polar surface area (TPSA) is 37.4 Å². The second-order valence-electron chi connectivity index (χ2n) is 9.18. The van der Waals surface area contributed by atoms with E-state index in [0.717, 1.165) is 11.1 Å². The lowest BCUT2D eigenvalue weighted by molar-refractivity contribution is -0.128. The second-order valence-corrected chi connectivity index (χ2v) is 9.18. The highest BCUT2D eigenvalue weighted by atomic mass is 16.2. The van der Waals surface area contributed by atoms with Crippen LogP contribution in [0.15, 0.2) is 66.7 Å². The molecule has 0 spiro atoms. The number of hydrogen-bond acceptors (Lipinski definition) is 2. The fraction of sp³-hybridized carbons (Fsp3) is 0.259. The molecule has 3 aliphatic carbocycles. The molecule has 30 heavy (non-hydrogen) atoms. The highest BCUT2D eigenvalue weighted by Gasteiger charge is 2.68. The number of aryl methyl sites for hydroxylation is 2. The molecule has 0 N–H and O–H groups in total. The number of rotatable bonds is 1. The summed E-state index contributed by atoms with van der Waals surface area (Å²) >= 11 is 0. The average molecular weight is 393 g/mol. The molecule has 0 radical (unpaired) electrons. The molecule has 2 bridgehead atoms. The van der Waals surface area contributed by atoms with Crippen molar-refractivity contribution >= 4 is 17.5 Å². The fourth-order valence-corrected chi connectivity index (χ4v) is 6.22. The lowest BCUT2D eigenvalue weighted by Gasteiger charge is -2.51. The monoisotopic (exact) mass is 393 g/mol. The fourth-order valence-electron chi connectivity index (χ4n) is 6.22. The van der Waals surface area contributed by atoms with E-state index in [4.69, 9.17) is 0 Å². The molecule has 1 heterocycles. The lowest BCUT2D eigenvalue weighted by Crippen LogP contribution is -2.49. The molecule has 1 aliphatic heterocycles. The molecule has 0 saturated carbocycles. The SMILES string of the molecule is Cc1ccc(N2C(=O)C3C4c5ccccc5C(c5ccccc54)C3(C)C2=O)cc1C. The molecule has 0 aromatic heterocycles. The summed E-state index contributed by atoms with van der Waals surface area (Å²) in [7, 11) is 0. The molecule has 3 aromatic carbocycles. The highest BCUT2D eigenvalue weighted by Crippen LogP contribution is 2.67. The van der Waals surface area contributed by atoms with Crippen LogP contribution in [-0.2, 0) is 9.59 Å². The Morgan fingerprint density at radius 3 is 1.90 bits per heavy atom. The van der Waals surface area contributed by atoms with Gasteiger partial charge in [0.05, 0.1) is 17.0 Å². The molecule has 2 unspecified atom stereocenters. The first kappa shape index (κ1) is 17.6. The van der Waals surface area contributed by atoms with Gasteiger partial charge in [-0.05, 0) is 66.3 Å². The van der Waals surface area contributed by atoms with E-state index < -0.39 is 5.41 Å². The van der Waals surface area contributed by atoms with Gasteiger partial charge in [-0.2, -0.15) is 0 Å². The van der Waals surface area contributed by atoms with Gasteiger partial charge in [-0.3, -0.25) is 9.59 Å². The Hall–Kier alpha value is -3.20. The van der Waals surface area contributed by atoms with Gasteiger partial charge in [0, 0.05) is 11.8 Å². The van der Waals surface area contributed by atoms with Crippen LogP contribution >= 0.6 is 0 Å². The quantitative estimate of drug-likeness (QED) is 0.540. The molecular formula is C27H23NO2. The Kier molecular flexibility index (Phi) is 3.35. The number of anilines is 1. The summed E-state index contributed by atoms with van der Waals surface area (Å²) in [4.78, 5) is 29.3. The van der Waals surface area contributed by atoms with Crippen LogP contribution in [0, 0.1) is 25.2 Å². The molecule has 7 rings (SSSR count). The molecule has 4 aliphatic rings. The van der Waals surface area contributed by atoms with Crippen LogP contribution in [0.3, 0.4) is 0 Å². The molecule has 1 saturated heterocycles. The summed E-state index contributed by atoms with van der Waals surface area (Å²) in [5.74, 6) is -0.695. The van der Waals surface area contributed by atoms with Gasteiger partial charge in [0.2, 0.25) is 11.8 Å². The van der Waals surface area contributed by atoms with Crippen molar-refractivity contribution in [2.75, 3.05) is 4.90 Å².